The molecule has 1 aromatic rings. The monoisotopic (exact) mass is 360 g/mol. The molecule has 4 nitrogen and oxygen atoms in total. The third-order valence-electron chi connectivity index (χ3n) is 5.23. The van der Waals surface area contributed by atoms with Crippen molar-refractivity contribution < 1.29 is 9.59 Å². The van der Waals surface area contributed by atoms with Gasteiger partial charge >= 0.3 is 0 Å². The summed E-state index contributed by atoms with van der Waals surface area (Å²) in [4.78, 5) is 28.7. The van der Waals surface area contributed by atoms with Crippen LogP contribution in [0.1, 0.15) is 36.8 Å². The van der Waals surface area contributed by atoms with Crippen molar-refractivity contribution in [1.82, 2.24) is 9.80 Å². The van der Waals surface area contributed by atoms with Gasteiger partial charge in [0.05, 0.1) is 5.75 Å². The zero-order valence-corrected chi connectivity index (χ0v) is 15.9. The van der Waals surface area contributed by atoms with E-state index in [9.17, 15) is 9.59 Å². The minimum Gasteiger partial charge on any atom is -0.339 e. The minimum atomic E-state index is 0.200. The molecule has 25 heavy (non-hydrogen) atoms. The number of rotatable bonds is 5. The summed E-state index contributed by atoms with van der Waals surface area (Å²) in [6.45, 7) is 4.85. The van der Waals surface area contributed by atoms with E-state index in [0.717, 1.165) is 18.6 Å². The number of carbonyl (C=O) groups excluding carboxylic acids is 2. The third kappa shape index (κ3) is 5.00. The van der Waals surface area contributed by atoms with Crippen molar-refractivity contribution in [3.8, 4) is 0 Å². The van der Waals surface area contributed by atoms with E-state index in [0.29, 0.717) is 37.8 Å². The molecule has 1 saturated heterocycles. The van der Waals surface area contributed by atoms with Gasteiger partial charge in [0, 0.05) is 37.8 Å². The van der Waals surface area contributed by atoms with Gasteiger partial charge in [-0.2, -0.15) is 0 Å². The highest BCUT2D eigenvalue weighted by Crippen LogP contribution is 2.27. The van der Waals surface area contributed by atoms with Crippen LogP contribution in [-0.4, -0.2) is 53.5 Å². The molecule has 1 aliphatic carbocycles. The molecule has 0 radical (unpaired) electrons. The summed E-state index contributed by atoms with van der Waals surface area (Å²) in [6.07, 6.45) is 4.47. The summed E-state index contributed by atoms with van der Waals surface area (Å²) in [5.41, 5.74) is 2.53. The van der Waals surface area contributed by atoms with Crippen LogP contribution in [0.5, 0.6) is 0 Å². The highest BCUT2D eigenvalue weighted by molar-refractivity contribution is 7.99. The number of hydrogen-bond acceptors (Lipinski definition) is 3. The van der Waals surface area contributed by atoms with E-state index in [1.54, 1.807) is 11.8 Å². The Kier molecular flexibility index (Phi) is 6.40. The molecule has 0 unspecified atom stereocenters. The lowest BCUT2D eigenvalue weighted by atomic mass is 10.1. The molecule has 0 atom stereocenters. The van der Waals surface area contributed by atoms with E-state index < -0.39 is 0 Å². The lowest BCUT2D eigenvalue weighted by Crippen LogP contribution is -2.52. The van der Waals surface area contributed by atoms with E-state index in [2.05, 4.69) is 31.2 Å². The topological polar surface area (TPSA) is 40.6 Å². The van der Waals surface area contributed by atoms with Gasteiger partial charge in [-0.05, 0) is 25.3 Å². The maximum atomic E-state index is 12.5. The van der Waals surface area contributed by atoms with Crippen molar-refractivity contribution in [2.24, 2.45) is 5.92 Å². The Morgan fingerprint density at radius 1 is 1.08 bits per heavy atom. The fraction of sp³-hybridized carbons (Fsp3) is 0.600. The van der Waals surface area contributed by atoms with Crippen molar-refractivity contribution in [2.75, 3.05) is 31.9 Å². The number of aryl methyl sites for hydroxylation is 1. The Balaban J connectivity index is 1.38. The fourth-order valence-electron chi connectivity index (χ4n) is 3.76. The van der Waals surface area contributed by atoms with E-state index in [4.69, 9.17) is 0 Å². The summed E-state index contributed by atoms with van der Waals surface area (Å²) in [5, 5.41) is 0. The number of piperazine rings is 1. The van der Waals surface area contributed by atoms with Gasteiger partial charge in [0.1, 0.15) is 0 Å². The molecule has 0 spiro atoms. The van der Waals surface area contributed by atoms with E-state index in [1.165, 1.54) is 24.0 Å². The molecule has 136 valence electrons. The van der Waals surface area contributed by atoms with Crippen LogP contribution in [0.3, 0.4) is 0 Å². The molecule has 0 bridgehead atoms. The second-order valence-corrected chi connectivity index (χ2v) is 8.15. The van der Waals surface area contributed by atoms with Crippen LogP contribution >= 0.6 is 11.8 Å². The molecule has 1 aromatic carbocycles. The lowest BCUT2D eigenvalue weighted by molar-refractivity contribution is -0.141. The Hall–Kier alpha value is -1.49. The van der Waals surface area contributed by atoms with Crippen molar-refractivity contribution >= 4 is 23.6 Å². The molecule has 0 N–H and O–H groups in total. The van der Waals surface area contributed by atoms with Crippen LogP contribution in [0, 0.1) is 12.8 Å². The quantitative estimate of drug-likeness (QED) is 0.810. The van der Waals surface area contributed by atoms with E-state index in [-0.39, 0.29) is 11.8 Å². The normalized spacial score (nSPS) is 18.6. The largest absolute Gasteiger partial charge is 0.339 e. The molecular formula is C20H28N2O2S. The second-order valence-electron chi connectivity index (χ2n) is 7.17. The summed E-state index contributed by atoms with van der Waals surface area (Å²) in [6, 6.07) is 8.43. The molecule has 2 aliphatic rings. The van der Waals surface area contributed by atoms with Crippen LogP contribution in [0.2, 0.25) is 0 Å². The number of carbonyl (C=O) groups is 2. The maximum absolute atomic E-state index is 12.5. The zero-order valence-electron chi connectivity index (χ0n) is 15.1. The smallest absolute Gasteiger partial charge is 0.232 e. The molecular weight excluding hydrogens is 332 g/mol. The average molecular weight is 361 g/mol. The van der Waals surface area contributed by atoms with Crippen molar-refractivity contribution in [1.29, 1.82) is 0 Å². The maximum Gasteiger partial charge on any atom is 0.232 e. The first-order valence-corrected chi connectivity index (χ1v) is 10.5. The predicted octanol–water partition coefficient (Wildman–Crippen LogP) is 3.09. The number of amides is 2. The minimum absolute atomic E-state index is 0.200. The standard InChI is InChI=1S/C20H28N2O2S/c1-16-5-4-6-17(13-16)14-25-15-19(23)21-9-11-22(12-10-21)20(24)18-7-2-3-8-18/h4-6,13,18H,2-3,7-12,14-15H2,1H3. The number of nitrogens with zero attached hydrogens (tertiary/aromatic N) is 2. The van der Waals surface area contributed by atoms with E-state index >= 15 is 0 Å². The van der Waals surface area contributed by atoms with Gasteiger partial charge in [0.15, 0.2) is 0 Å². The van der Waals surface area contributed by atoms with Gasteiger partial charge in [-0.3, -0.25) is 9.59 Å². The molecule has 0 aromatic heterocycles. The van der Waals surface area contributed by atoms with Crippen LogP contribution in [0.15, 0.2) is 24.3 Å². The molecule has 1 heterocycles. The highest BCUT2D eigenvalue weighted by atomic mass is 32.2. The number of hydrogen-bond donors (Lipinski definition) is 0. The second kappa shape index (κ2) is 8.75. The molecule has 2 fully saturated rings. The van der Waals surface area contributed by atoms with Gasteiger partial charge in [0.2, 0.25) is 11.8 Å². The first-order chi connectivity index (χ1) is 12.1. The lowest BCUT2D eigenvalue weighted by Gasteiger charge is -2.36. The van der Waals surface area contributed by atoms with E-state index in [1.807, 2.05) is 9.80 Å². The SMILES string of the molecule is Cc1cccc(CSCC(=O)N2CCN(C(=O)C3CCCC3)CC2)c1. The Bertz CT molecular complexity index is 605. The Morgan fingerprint density at radius 3 is 2.44 bits per heavy atom. The van der Waals surface area contributed by atoms with Crippen molar-refractivity contribution in [2.45, 2.75) is 38.4 Å². The summed E-state index contributed by atoms with van der Waals surface area (Å²) < 4.78 is 0. The van der Waals surface area contributed by atoms with Gasteiger partial charge in [0.25, 0.3) is 0 Å². The van der Waals surface area contributed by atoms with Gasteiger partial charge in [-0.25, -0.2) is 0 Å². The third-order valence-corrected chi connectivity index (χ3v) is 6.21. The first kappa shape index (κ1) is 18.3. The molecule has 5 heteroatoms. The van der Waals surface area contributed by atoms with Gasteiger partial charge in [-0.15, -0.1) is 11.8 Å². The summed E-state index contributed by atoms with van der Waals surface area (Å²) in [7, 11) is 0. The summed E-state index contributed by atoms with van der Waals surface area (Å²) in [5.74, 6) is 2.15. The van der Waals surface area contributed by atoms with Crippen LogP contribution in [-0.2, 0) is 15.3 Å². The predicted molar refractivity (Wildman–Crippen MR) is 102 cm³/mol. The summed E-state index contributed by atoms with van der Waals surface area (Å²) >= 11 is 1.67. The molecule has 3 rings (SSSR count). The number of thioether (sulfide) groups is 1. The van der Waals surface area contributed by atoms with Crippen LogP contribution in [0.25, 0.3) is 0 Å². The average Bonchev–Trinajstić information content (AvgIpc) is 3.16. The highest BCUT2D eigenvalue weighted by Gasteiger charge is 2.30. The number of benzene rings is 1. The molecule has 2 amide bonds. The van der Waals surface area contributed by atoms with Gasteiger partial charge < -0.3 is 9.80 Å². The first-order valence-electron chi connectivity index (χ1n) is 9.33. The fourth-order valence-corrected chi connectivity index (χ4v) is 4.63. The van der Waals surface area contributed by atoms with Crippen molar-refractivity contribution in [3.63, 3.8) is 0 Å². The van der Waals surface area contributed by atoms with Crippen molar-refractivity contribution in [3.05, 3.63) is 35.4 Å². The Labute approximate surface area is 154 Å². The van der Waals surface area contributed by atoms with Crippen LogP contribution in [0.4, 0.5) is 0 Å². The molecule has 1 aliphatic heterocycles. The van der Waals surface area contributed by atoms with Crippen LogP contribution < -0.4 is 0 Å². The Morgan fingerprint density at radius 2 is 1.76 bits per heavy atom. The zero-order chi connectivity index (χ0) is 17.6. The van der Waals surface area contributed by atoms with Gasteiger partial charge in [-0.1, -0.05) is 42.7 Å². The molecule has 1 saturated carbocycles.